The summed E-state index contributed by atoms with van der Waals surface area (Å²) < 4.78 is 9.43. The largest absolute Gasteiger partial charge is 0.458 e. The van der Waals surface area contributed by atoms with E-state index in [2.05, 4.69) is 26.7 Å². The predicted octanol–water partition coefficient (Wildman–Crippen LogP) is 3.78. The maximum atomic E-state index is 12.4. The zero-order valence-electron chi connectivity index (χ0n) is 13.3. The van der Waals surface area contributed by atoms with Gasteiger partial charge in [0.05, 0.1) is 6.10 Å². The summed E-state index contributed by atoms with van der Waals surface area (Å²) in [5.74, 6) is -0.385. The number of carbonyl (C=O) groups is 1. The van der Waals surface area contributed by atoms with E-state index in [0.717, 1.165) is 29.9 Å². The van der Waals surface area contributed by atoms with E-state index in [1.807, 2.05) is 31.2 Å². The lowest BCUT2D eigenvalue weighted by molar-refractivity contribution is 0.0332. The van der Waals surface area contributed by atoms with E-state index in [1.165, 1.54) is 5.56 Å². The molecule has 6 heteroatoms. The van der Waals surface area contributed by atoms with Gasteiger partial charge in [0.25, 0.3) is 0 Å². The van der Waals surface area contributed by atoms with Crippen molar-refractivity contribution in [1.29, 1.82) is 0 Å². The van der Waals surface area contributed by atoms with Gasteiger partial charge in [-0.05, 0) is 49.0 Å². The minimum absolute atomic E-state index is 0.179. The number of hydrogen-bond acceptors (Lipinski definition) is 6. The molecule has 0 spiro atoms. The molecule has 3 aromatic rings. The van der Waals surface area contributed by atoms with Gasteiger partial charge in [-0.3, -0.25) is 4.98 Å². The molecule has 2 aromatic heterocycles. The molecule has 3 rings (SSSR count). The first-order chi connectivity index (χ1) is 11.7. The number of nitrogens with zero attached hydrogens (tertiary/aromatic N) is 3. The molecule has 0 N–H and O–H groups in total. The van der Waals surface area contributed by atoms with Crippen LogP contribution in [0.15, 0.2) is 54.9 Å². The fraction of sp³-hybridized carbons (Fsp3) is 0.222. The van der Waals surface area contributed by atoms with Crippen LogP contribution in [0.1, 0.15) is 28.6 Å². The van der Waals surface area contributed by atoms with Gasteiger partial charge in [-0.2, -0.15) is 0 Å². The first kappa shape index (κ1) is 16.3. The Morgan fingerprint density at radius 2 is 2.04 bits per heavy atom. The Balaban J connectivity index is 1.62. The molecule has 0 aliphatic heterocycles. The zero-order chi connectivity index (χ0) is 16.8. The van der Waals surface area contributed by atoms with Crippen LogP contribution >= 0.6 is 11.5 Å². The Kier molecular flexibility index (Phi) is 5.28. The highest BCUT2D eigenvalue weighted by atomic mass is 32.1. The smallest absolute Gasteiger partial charge is 0.352 e. The van der Waals surface area contributed by atoms with Crippen molar-refractivity contribution in [2.45, 2.75) is 25.9 Å². The summed E-state index contributed by atoms with van der Waals surface area (Å²) in [5.41, 5.74) is 2.51. The SMILES string of the molecule is C[C@@H](CCc1ccccc1)OC(=O)c1snnc1-c1cccnc1. The Hall–Kier alpha value is -2.60. The van der Waals surface area contributed by atoms with Gasteiger partial charge in [0, 0.05) is 18.0 Å². The van der Waals surface area contributed by atoms with Crippen LogP contribution in [0.4, 0.5) is 0 Å². The van der Waals surface area contributed by atoms with E-state index < -0.39 is 0 Å². The number of aryl methyl sites for hydroxylation is 1. The summed E-state index contributed by atoms with van der Waals surface area (Å²) >= 11 is 1.05. The molecule has 0 saturated heterocycles. The fourth-order valence-corrected chi connectivity index (χ4v) is 2.90. The van der Waals surface area contributed by atoms with Crippen molar-refractivity contribution in [2.75, 3.05) is 0 Å². The number of aromatic nitrogens is 3. The minimum Gasteiger partial charge on any atom is -0.458 e. The van der Waals surface area contributed by atoms with Crippen LogP contribution in [-0.4, -0.2) is 26.6 Å². The molecule has 2 heterocycles. The molecule has 1 aromatic carbocycles. The maximum absolute atomic E-state index is 12.4. The van der Waals surface area contributed by atoms with E-state index in [-0.39, 0.29) is 12.1 Å². The summed E-state index contributed by atoms with van der Waals surface area (Å²) in [6.45, 7) is 1.90. The number of esters is 1. The van der Waals surface area contributed by atoms with Crippen molar-refractivity contribution in [1.82, 2.24) is 14.6 Å². The zero-order valence-corrected chi connectivity index (χ0v) is 14.1. The lowest BCUT2D eigenvalue weighted by Crippen LogP contribution is -2.15. The molecule has 0 saturated carbocycles. The summed E-state index contributed by atoms with van der Waals surface area (Å²) in [6.07, 6.45) is 4.79. The van der Waals surface area contributed by atoms with Gasteiger partial charge in [0.2, 0.25) is 0 Å². The molecule has 0 bridgehead atoms. The Labute approximate surface area is 144 Å². The second-order valence-corrected chi connectivity index (χ2v) is 6.19. The van der Waals surface area contributed by atoms with Crippen molar-refractivity contribution >= 4 is 17.5 Å². The average molecular weight is 339 g/mol. The van der Waals surface area contributed by atoms with Gasteiger partial charge in [-0.25, -0.2) is 4.79 Å². The summed E-state index contributed by atoms with van der Waals surface area (Å²) in [7, 11) is 0. The Morgan fingerprint density at radius 3 is 2.79 bits per heavy atom. The molecule has 0 fully saturated rings. The standard InChI is InChI=1S/C18H17N3O2S/c1-13(9-10-14-6-3-2-4-7-14)23-18(22)17-16(20-21-24-17)15-8-5-11-19-12-15/h2-8,11-13H,9-10H2,1H3/t13-/m0/s1. The number of pyridine rings is 1. The number of hydrogen-bond donors (Lipinski definition) is 0. The van der Waals surface area contributed by atoms with Crippen LogP contribution in [0.5, 0.6) is 0 Å². The molecule has 0 radical (unpaired) electrons. The predicted molar refractivity (Wildman–Crippen MR) is 92.8 cm³/mol. The van der Waals surface area contributed by atoms with Crippen LogP contribution in [0, 0.1) is 0 Å². The van der Waals surface area contributed by atoms with E-state index >= 15 is 0 Å². The molecule has 1 atom stereocenters. The van der Waals surface area contributed by atoms with E-state index in [0.29, 0.717) is 10.6 Å². The van der Waals surface area contributed by atoms with Crippen LogP contribution in [0.2, 0.25) is 0 Å². The van der Waals surface area contributed by atoms with Crippen LogP contribution in [0.25, 0.3) is 11.3 Å². The third-order valence-corrected chi connectivity index (χ3v) is 4.30. The van der Waals surface area contributed by atoms with E-state index in [1.54, 1.807) is 18.5 Å². The number of carbonyl (C=O) groups excluding carboxylic acids is 1. The maximum Gasteiger partial charge on any atom is 0.352 e. The summed E-state index contributed by atoms with van der Waals surface area (Å²) in [6, 6.07) is 13.8. The Morgan fingerprint density at radius 1 is 1.21 bits per heavy atom. The number of ether oxygens (including phenoxy) is 1. The van der Waals surface area contributed by atoms with Crippen LogP contribution < -0.4 is 0 Å². The quantitative estimate of drug-likeness (QED) is 0.640. The third kappa shape index (κ3) is 4.02. The Bertz CT molecular complexity index is 790. The van der Waals surface area contributed by atoms with Gasteiger partial charge < -0.3 is 4.74 Å². The van der Waals surface area contributed by atoms with Crippen molar-refractivity contribution < 1.29 is 9.53 Å². The van der Waals surface area contributed by atoms with Crippen LogP contribution in [-0.2, 0) is 11.2 Å². The average Bonchev–Trinajstić information content (AvgIpc) is 3.11. The molecule has 122 valence electrons. The fourth-order valence-electron chi connectivity index (χ4n) is 2.33. The highest BCUT2D eigenvalue weighted by molar-refractivity contribution is 7.08. The molecular formula is C18H17N3O2S. The van der Waals surface area contributed by atoms with E-state index in [4.69, 9.17) is 4.74 Å². The van der Waals surface area contributed by atoms with Gasteiger partial charge >= 0.3 is 5.97 Å². The molecular weight excluding hydrogens is 322 g/mol. The highest BCUT2D eigenvalue weighted by Crippen LogP contribution is 2.24. The van der Waals surface area contributed by atoms with Crippen molar-refractivity contribution in [3.63, 3.8) is 0 Å². The minimum atomic E-state index is -0.385. The molecule has 0 unspecified atom stereocenters. The lowest BCUT2D eigenvalue weighted by Gasteiger charge is -2.12. The first-order valence-corrected chi connectivity index (χ1v) is 8.49. The van der Waals surface area contributed by atoms with Gasteiger partial charge in [-0.15, -0.1) is 5.10 Å². The summed E-state index contributed by atoms with van der Waals surface area (Å²) in [5, 5.41) is 4.04. The van der Waals surface area contributed by atoms with E-state index in [9.17, 15) is 4.79 Å². The van der Waals surface area contributed by atoms with Crippen molar-refractivity contribution in [2.24, 2.45) is 0 Å². The topological polar surface area (TPSA) is 65.0 Å². The second kappa shape index (κ2) is 7.79. The van der Waals surface area contributed by atoms with Crippen molar-refractivity contribution in [3.8, 4) is 11.3 Å². The van der Waals surface area contributed by atoms with Gasteiger partial charge in [0.15, 0.2) is 4.88 Å². The summed E-state index contributed by atoms with van der Waals surface area (Å²) in [4.78, 5) is 16.9. The molecule has 0 aliphatic carbocycles. The molecule has 0 aliphatic rings. The molecule has 5 nitrogen and oxygen atoms in total. The van der Waals surface area contributed by atoms with Gasteiger partial charge in [0.1, 0.15) is 5.69 Å². The monoisotopic (exact) mass is 339 g/mol. The number of benzene rings is 1. The van der Waals surface area contributed by atoms with Gasteiger partial charge in [-0.1, -0.05) is 34.8 Å². The number of rotatable bonds is 6. The molecule has 24 heavy (non-hydrogen) atoms. The second-order valence-electron chi connectivity index (χ2n) is 5.43. The van der Waals surface area contributed by atoms with Crippen molar-refractivity contribution in [3.05, 3.63) is 65.3 Å². The first-order valence-electron chi connectivity index (χ1n) is 7.71. The van der Waals surface area contributed by atoms with Crippen LogP contribution in [0.3, 0.4) is 0 Å². The highest BCUT2D eigenvalue weighted by Gasteiger charge is 2.21. The lowest BCUT2D eigenvalue weighted by atomic mass is 10.1. The normalized spacial score (nSPS) is 11.9. The third-order valence-electron chi connectivity index (χ3n) is 3.60. The molecule has 0 amide bonds.